The van der Waals surface area contributed by atoms with Crippen molar-refractivity contribution >= 4 is 46.3 Å². The number of carbonyl (C=O) groups is 3. The summed E-state index contributed by atoms with van der Waals surface area (Å²) >= 11 is 5.71. The lowest BCUT2D eigenvalue weighted by Gasteiger charge is -2.16. The normalized spacial score (nSPS) is 13.9. The van der Waals surface area contributed by atoms with E-state index in [-0.39, 0.29) is 16.6 Å². The number of nitrogens with zero attached hydrogens (tertiary/aromatic N) is 2. The molecule has 0 spiro atoms. The van der Waals surface area contributed by atoms with Crippen molar-refractivity contribution in [1.82, 2.24) is 20.6 Å². The molecular formula is C19H10ClFN4O4. The molecule has 0 aliphatic carbocycles. The number of fused-ring (bicyclic) bond motifs is 1. The molecule has 1 fully saturated rings. The number of hydrogen-bond acceptors (Lipinski definition) is 6. The average molecular weight is 413 g/mol. The molecule has 2 aromatic carbocycles. The zero-order chi connectivity index (χ0) is 20.5. The van der Waals surface area contributed by atoms with Crippen LogP contribution in [0.1, 0.15) is 5.56 Å². The average Bonchev–Trinajstić information content (AvgIpc) is 2.68. The third-order valence-corrected chi connectivity index (χ3v) is 4.23. The lowest BCUT2D eigenvalue weighted by atomic mass is 10.00. The molecule has 0 saturated carbocycles. The minimum absolute atomic E-state index is 0.113. The molecule has 4 rings (SSSR count). The number of nitrogens with one attached hydrogen (secondary N) is 2. The number of amides is 4. The molecule has 0 unspecified atom stereocenters. The number of ether oxygens (including phenoxy) is 1. The molecule has 10 heteroatoms. The fraction of sp³-hybridized carbons (Fsp3) is 0. The highest BCUT2D eigenvalue weighted by atomic mass is 35.5. The molecule has 1 aliphatic rings. The molecule has 144 valence electrons. The van der Waals surface area contributed by atoms with E-state index >= 15 is 0 Å². The Hall–Kier alpha value is -3.85. The van der Waals surface area contributed by atoms with Gasteiger partial charge in [0.05, 0.1) is 6.20 Å². The van der Waals surface area contributed by atoms with Crippen LogP contribution >= 0.6 is 11.6 Å². The van der Waals surface area contributed by atoms with E-state index < -0.39 is 29.5 Å². The van der Waals surface area contributed by atoms with Gasteiger partial charge in [0, 0.05) is 5.56 Å². The van der Waals surface area contributed by atoms with Gasteiger partial charge in [0.2, 0.25) is 11.1 Å². The largest absolute Gasteiger partial charge is 0.436 e. The predicted molar refractivity (Wildman–Crippen MR) is 101 cm³/mol. The molecule has 1 aromatic heterocycles. The zero-order valence-electron chi connectivity index (χ0n) is 14.4. The van der Waals surface area contributed by atoms with E-state index in [1.807, 2.05) is 22.8 Å². The van der Waals surface area contributed by atoms with Crippen LogP contribution in [-0.4, -0.2) is 27.8 Å². The summed E-state index contributed by atoms with van der Waals surface area (Å²) in [7, 11) is 0. The summed E-state index contributed by atoms with van der Waals surface area (Å²) in [6.07, 6.45) is 2.12. The van der Waals surface area contributed by atoms with Crippen molar-refractivity contribution < 1.29 is 23.5 Å². The van der Waals surface area contributed by atoms with E-state index in [2.05, 4.69) is 9.97 Å². The van der Waals surface area contributed by atoms with E-state index in [1.54, 1.807) is 18.2 Å². The molecule has 29 heavy (non-hydrogen) atoms. The fourth-order valence-corrected chi connectivity index (χ4v) is 2.90. The van der Waals surface area contributed by atoms with Gasteiger partial charge in [-0.25, -0.2) is 9.78 Å². The van der Waals surface area contributed by atoms with Gasteiger partial charge in [0.15, 0.2) is 0 Å². The van der Waals surface area contributed by atoms with Crippen LogP contribution in [0, 0.1) is 5.82 Å². The van der Waals surface area contributed by atoms with Crippen molar-refractivity contribution in [1.29, 1.82) is 0 Å². The Morgan fingerprint density at radius 1 is 1.03 bits per heavy atom. The number of carbonyl (C=O) groups excluding carboxylic acids is 3. The lowest BCUT2D eigenvalue weighted by Crippen LogP contribution is -2.51. The van der Waals surface area contributed by atoms with Crippen molar-refractivity contribution in [3.8, 4) is 11.6 Å². The molecule has 0 atom stereocenters. The molecule has 0 radical (unpaired) electrons. The minimum Gasteiger partial charge on any atom is -0.436 e. The summed E-state index contributed by atoms with van der Waals surface area (Å²) in [5, 5.41) is 5.18. The van der Waals surface area contributed by atoms with Crippen LogP contribution in [0.4, 0.5) is 9.18 Å². The highest BCUT2D eigenvalue weighted by Gasteiger charge is 2.28. The Bertz CT molecular complexity index is 1210. The second kappa shape index (κ2) is 7.28. The van der Waals surface area contributed by atoms with Crippen molar-refractivity contribution in [3.05, 3.63) is 64.8 Å². The van der Waals surface area contributed by atoms with Crippen molar-refractivity contribution in [3.63, 3.8) is 0 Å². The summed E-state index contributed by atoms with van der Waals surface area (Å²) in [6, 6.07) is 9.45. The maximum absolute atomic E-state index is 14.0. The maximum atomic E-state index is 14.0. The zero-order valence-corrected chi connectivity index (χ0v) is 15.2. The van der Waals surface area contributed by atoms with Crippen molar-refractivity contribution in [2.75, 3.05) is 0 Å². The Labute approximate surface area is 167 Å². The van der Waals surface area contributed by atoms with Crippen LogP contribution in [0.5, 0.6) is 11.6 Å². The molecule has 2 N–H and O–H groups in total. The molecule has 2 heterocycles. The van der Waals surface area contributed by atoms with Crippen molar-refractivity contribution in [2.24, 2.45) is 0 Å². The number of benzene rings is 2. The van der Waals surface area contributed by atoms with Crippen LogP contribution in [0.25, 0.3) is 16.8 Å². The highest BCUT2D eigenvalue weighted by Crippen LogP contribution is 2.34. The topological polar surface area (TPSA) is 110 Å². The molecule has 1 saturated heterocycles. The summed E-state index contributed by atoms with van der Waals surface area (Å²) in [6.45, 7) is 0. The number of aromatic nitrogens is 2. The monoisotopic (exact) mass is 412 g/mol. The van der Waals surface area contributed by atoms with E-state index in [9.17, 15) is 18.8 Å². The Balaban J connectivity index is 1.89. The predicted octanol–water partition coefficient (Wildman–Crippen LogP) is 2.96. The van der Waals surface area contributed by atoms with Gasteiger partial charge in [-0.15, -0.1) is 0 Å². The molecular weight excluding hydrogens is 403 g/mol. The van der Waals surface area contributed by atoms with Gasteiger partial charge >= 0.3 is 6.03 Å². The Morgan fingerprint density at radius 2 is 1.76 bits per heavy atom. The van der Waals surface area contributed by atoms with Gasteiger partial charge in [-0.1, -0.05) is 30.3 Å². The number of hydrogen-bond donors (Lipinski definition) is 2. The first-order valence-corrected chi connectivity index (χ1v) is 8.56. The van der Waals surface area contributed by atoms with Gasteiger partial charge < -0.3 is 4.74 Å². The summed E-state index contributed by atoms with van der Waals surface area (Å²) < 4.78 is 19.6. The van der Waals surface area contributed by atoms with E-state index in [0.29, 0.717) is 10.9 Å². The number of imide groups is 2. The van der Waals surface area contributed by atoms with E-state index in [1.165, 1.54) is 12.1 Å². The SMILES string of the molecule is O=C1NC(=O)C(=Cc2c(Oc3nc(Cl)ncc3F)ccc3ccccc23)C(=O)N1. The van der Waals surface area contributed by atoms with Crippen LogP contribution < -0.4 is 15.4 Å². The molecule has 3 aromatic rings. The first-order valence-electron chi connectivity index (χ1n) is 8.18. The molecule has 0 bridgehead atoms. The minimum atomic E-state index is -0.913. The molecule has 8 nitrogen and oxygen atoms in total. The van der Waals surface area contributed by atoms with Crippen molar-refractivity contribution in [2.45, 2.75) is 0 Å². The van der Waals surface area contributed by atoms with Gasteiger partial charge in [0.1, 0.15) is 11.3 Å². The molecule has 4 amide bonds. The lowest BCUT2D eigenvalue weighted by molar-refractivity contribution is -0.123. The Kier molecular flexibility index (Phi) is 4.65. The van der Waals surface area contributed by atoms with E-state index in [4.69, 9.17) is 16.3 Å². The standard InChI is InChI=1S/C19H10ClFN4O4/c20-18-22-8-13(21)17(25-18)29-14-6-5-9-3-1-2-4-10(9)11(14)7-12-15(26)23-19(28)24-16(12)27/h1-8H,(H2,23,24,26,27,28). The third-order valence-electron chi connectivity index (χ3n) is 4.05. The third kappa shape index (κ3) is 3.63. The highest BCUT2D eigenvalue weighted by molar-refractivity contribution is 6.31. The fourth-order valence-electron chi connectivity index (χ4n) is 2.77. The van der Waals surface area contributed by atoms with Crippen LogP contribution in [0.3, 0.4) is 0 Å². The summed E-state index contributed by atoms with van der Waals surface area (Å²) in [4.78, 5) is 42.8. The maximum Gasteiger partial charge on any atom is 0.328 e. The van der Waals surface area contributed by atoms with Gasteiger partial charge in [-0.2, -0.15) is 9.37 Å². The van der Waals surface area contributed by atoms with Gasteiger partial charge in [-0.3, -0.25) is 20.2 Å². The number of halogens is 2. The van der Waals surface area contributed by atoms with Gasteiger partial charge in [0.25, 0.3) is 17.7 Å². The number of barbiturate groups is 1. The summed E-state index contributed by atoms with van der Waals surface area (Å²) in [5.74, 6) is -2.89. The van der Waals surface area contributed by atoms with Crippen LogP contribution in [0.15, 0.2) is 48.2 Å². The molecule has 1 aliphatic heterocycles. The van der Waals surface area contributed by atoms with E-state index in [0.717, 1.165) is 11.6 Å². The quantitative estimate of drug-likeness (QED) is 0.389. The second-order valence-corrected chi connectivity index (χ2v) is 6.23. The number of rotatable bonds is 3. The smallest absolute Gasteiger partial charge is 0.328 e. The number of urea groups is 1. The van der Waals surface area contributed by atoms with Gasteiger partial charge in [-0.05, 0) is 34.5 Å². The first-order chi connectivity index (χ1) is 13.9. The second-order valence-electron chi connectivity index (χ2n) is 5.89. The van der Waals surface area contributed by atoms with Crippen LogP contribution in [0.2, 0.25) is 5.28 Å². The summed E-state index contributed by atoms with van der Waals surface area (Å²) in [5.41, 5.74) is -0.00104. The Morgan fingerprint density at radius 3 is 2.52 bits per heavy atom. The first kappa shape index (κ1) is 18.5. The van der Waals surface area contributed by atoms with Crippen LogP contribution in [-0.2, 0) is 9.59 Å².